The molecule has 2 rings (SSSR count). The van der Waals surface area contributed by atoms with Gasteiger partial charge in [-0.3, -0.25) is 9.59 Å². The first-order valence-corrected chi connectivity index (χ1v) is 8.94. The number of nitrogens with zero attached hydrogens (tertiary/aromatic N) is 1. The molecule has 0 spiro atoms. The Morgan fingerprint density at radius 2 is 2.04 bits per heavy atom. The van der Waals surface area contributed by atoms with E-state index in [4.69, 9.17) is 10.5 Å². The zero-order valence-corrected chi connectivity index (χ0v) is 18.2. The molecule has 0 aliphatic carbocycles. The van der Waals surface area contributed by atoms with Crippen LogP contribution < -0.4 is 35.0 Å². The number of likely N-dealkylation sites (N-methyl/N-ethyl adjacent to an activating group) is 1. The monoisotopic (exact) mass is 489 g/mol. The van der Waals surface area contributed by atoms with Gasteiger partial charge in [0.05, 0.1) is 43.9 Å². The molecule has 1 saturated heterocycles. The van der Waals surface area contributed by atoms with Crippen LogP contribution in [-0.4, -0.2) is 55.6 Å². The molecule has 0 radical (unpaired) electrons. The minimum Gasteiger partial charge on any atom is -1.00 e. The number of likely N-dealkylation sites (tertiary alicyclic amines) is 1. The summed E-state index contributed by atoms with van der Waals surface area (Å²) < 4.78 is 5.33. The highest BCUT2D eigenvalue weighted by Crippen LogP contribution is 2.25. The standard InChI is InChI=1S/C19H27N3O4.HI/c1-4-22(10-6-8-14(11-22)18(20)24)12-16(23)21-17-13(2)7-5-9-15(17)19(25)26-3;/h5,7,9,14H,4,6,8,10-12H2,1-3H3,(H2-,20,21,23,24,25);1H. The molecule has 1 fully saturated rings. The number of para-hydroxylation sites is 1. The van der Waals surface area contributed by atoms with Crippen molar-refractivity contribution in [3.05, 3.63) is 29.3 Å². The molecular formula is C19H28IN3O4. The molecule has 8 heteroatoms. The fourth-order valence-corrected chi connectivity index (χ4v) is 3.70. The van der Waals surface area contributed by atoms with Gasteiger partial charge in [-0.05, 0) is 38.3 Å². The minimum atomic E-state index is -0.491. The van der Waals surface area contributed by atoms with Crippen LogP contribution in [-0.2, 0) is 14.3 Å². The van der Waals surface area contributed by atoms with E-state index >= 15 is 0 Å². The number of carbonyl (C=O) groups is 3. The summed E-state index contributed by atoms with van der Waals surface area (Å²) in [6.07, 6.45) is 1.65. The number of methoxy groups -OCH3 is 1. The van der Waals surface area contributed by atoms with Crippen molar-refractivity contribution in [1.29, 1.82) is 0 Å². The summed E-state index contributed by atoms with van der Waals surface area (Å²) in [5.74, 6) is -1.17. The summed E-state index contributed by atoms with van der Waals surface area (Å²) >= 11 is 0. The van der Waals surface area contributed by atoms with Crippen LogP contribution in [0.5, 0.6) is 0 Å². The second-order valence-corrected chi connectivity index (χ2v) is 7.00. The number of rotatable bonds is 6. The van der Waals surface area contributed by atoms with Gasteiger partial charge in [0.15, 0.2) is 6.54 Å². The maximum atomic E-state index is 12.7. The second kappa shape index (κ2) is 10.0. The molecule has 1 aromatic rings. The normalized spacial score (nSPS) is 21.7. The molecule has 2 amide bonds. The van der Waals surface area contributed by atoms with Crippen LogP contribution in [0.1, 0.15) is 35.7 Å². The van der Waals surface area contributed by atoms with E-state index in [1.54, 1.807) is 12.1 Å². The van der Waals surface area contributed by atoms with Crippen molar-refractivity contribution >= 4 is 23.5 Å². The van der Waals surface area contributed by atoms with Gasteiger partial charge in [0.1, 0.15) is 0 Å². The van der Waals surface area contributed by atoms with Crippen LogP contribution in [0.15, 0.2) is 18.2 Å². The Hall–Kier alpha value is -1.68. The van der Waals surface area contributed by atoms with Gasteiger partial charge in [-0.2, -0.15) is 0 Å². The Kier molecular flexibility index (Phi) is 8.67. The average molecular weight is 489 g/mol. The molecule has 0 saturated carbocycles. The quantitative estimate of drug-likeness (QED) is 0.288. The van der Waals surface area contributed by atoms with E-state index in [0.717, 1.165) is 31.5 Å². The maximum absolute atomic E-state index is 12.7. The Bertz CT molecular complexity index is 710. The number of amides is 2. The number of halogens is 1. The highest BCUT2D eigenvalue weighted by molar-refractivity contribution is 6.02. The first kappa shape index (κ1) is 23.4. The molecule has 27 heavy (non-hydrogen) atoms. The highest BCUT2D eigenvalue weighted by atomic mass is 127. The van der Waals surface area contributed by atoms with Crippen LogP contribution in [0.3, 0.4) is 0 Å². The van der Waals surface area contributed by atoms with Gasteiger partial charge in [-0.15, -0.1) is 0 Å². The summed E-state index contributed by atoms with van der Waals surface area (Å²) in [5.41, 5.74) is 7.08. The predicted molar refractivity (Wildman–Crippen MR) is 98.5 cm³/mol. The summed E-state index contributed by atoms with van der Waals surface area (Å²) in [4.78, 5) is 36.3. The van der Waals surface area contributed by atoms with Crippen molar-refractivity contribution in [3.8, 4) is 0 Å². The molecule has 1 aliphatic heterocycles. The summed E-state index contributed by atoms with van der Waals surface area (Å²) in [6, 6.07) is 5.21. The third-order valence-corrected chi connectivity index (χ3v) is 5.29. The Labute approximate surface area is 177 Å². The van der Waals surface area contributed by atoms with Crippen molar-refractivity contribution in [1.82, 2.24) is 0 Å². The first-order chi connectivity index (χ1) is 12.3. The van der Waals surface area contributed by atoms with Gasteiger partial charge in [-0.1, -0.05) is 12.1 Å². The molecule has 2 atom stereocenters. The largest absolute Gasteiger partial charge is 1.00 e. The fraction of sp³-hybridized carbons (Fsp3) is 0.526. The molecule has 1 heterocycles. The molecule has 1 aliphatic rings. The Balaban J connectivity index is 0.00000364. The van der Waals surface area contributed by atoms with Crippen LogP contribution >= 0.6 is 0 Å². The smallest absolute Gasteiger partial charge is 0.339 e. The number of carbonyl (C=O) groups excluding carboxylic acids is 3. The lowest BCUT2D eigenvalue weighted by Gasteiger charge is -2.42. The number of hydrogen-bond donors (Lipinski definition) is 2. The van der Waals surface area contributed by atoms with Gasteiger partial charge in [0.2, 0.25) is 5.91 Å². The van der Waals surface area contributed by atoms with Crippen molar-refractivity contribution in [2.75, 3.05) is 38.6 Å². The molecule has 2 unspecified atom stereocenters. The van der Waals surface area contributed by atoms with E-state index in [-0.39, 0.29) is 48.3 Å². The minimum absolute atomic E-state index is 0. The summed E-state index contributed by atoms with van der Waals surface area (Å²) in [6.45, 7) is 6.26. The van der Waals surface area contributed by atoms with Crippen molar-refractivity contribution in [2.24, 2.45) is 11.7 Å². The van der Waals surface area contributed by atoms with Crippen molar-refractivity contribution < 1.29 is 47.6 Å². The van der Waals surface area contributed by atoms with E-state index in [1.165, 1.54) is 7.11 Å². The van der Waals surface area contributed by atoms with E-state index in [1.807, 2.05) is 19.9 Å². The molecule has 0 bridgehead atoms. The summed E-state index contributed by atoms with van der Waals surface area (Å²) in [7, 11) is 1.31. The van der Waals surface area contributed by atoms with Crippen LogP contribution in [0, 0.1) is 12.8 Å². The number of nitrogens with one attached hydrogen (secondary N) is 1. The highest BCUT2D eigenvalue weighted by Gasteiger charge is 2.38. The predicted octanol–water partition coefficient (Wildman–Crippen LogP) is -1.54. The van der Waals surface area contributed by atoms with Gasteiger partial charge < -0.3 is 44.2 Å². The zero-order valence-electron chi connectivity index (χ0n) is 16.1. The van der Waals surface area contributed by atoms with Crippen molar-refractivity contribution in [3.63, 3.8) is 0 Å². The number of hydrogen-bond acceptors (Lipinski definition) is 4. The number of nitrogens with two attached hydrogens (primary N) is 1. The number of ether oxygens (including phenoxy) is 1. The number of anilines is 1. The van der Waals surface area contributed by atoms with E-state index in [0.29, 0.717) is 22.3 Å². The topological polar surface area (TPSA) is 98.5 Å². The maximum Gasteiger partial charge on any atom is 0.339 e. The van der Waals surface area contributed by atoms with Crippen LogP contribution in [0.2, 0.25) is 0 Å². The van der Waals surface area contributed by atoms with Gasteiger partial charge in [-0.25, -0.2) is 4.79 Å². The number of benzene rings is 1. The van der Waals surface area contributed by atoms with Gasteiger partial charge >= 0.3 is 5.97 Å². The van der Waals surface area contributed by atoms with Crippen LogP contribution in [0.4, 0.5) is 5.69 Å². The number of piperidine rings is 1. The van der Waals surface area contributed by atoms with Gasteiger partial charge in [0, 0.05) is 0 Å². The molecule has 7 nitrogen and oxygen atoms in total. The Morgan fingerprint density at radius 3 is 2.63 bits per heavy atom. The third-order valence-electron chi connectivity index (χ3n) is 5.29. The van der Waals surface area contributed by atoms with E-state index in [9.17, 15) is 14.4 Å². The first-order valence-electron chi connectivity index (χ1n) is 8.94. The molecule has 150 valence electrons. The fourth-order valence-electron chi connectivity index (χ4n) is 3.70. The SMILES string of the molecule is CC[N+]1(CC(=O)Nc2c(C)cccc2C(=O)OC)CCCC(C(N)=O)C1.[I-]. The summed E-state index contributed by atoms with van der Waals surface area (Å²) in [5, 5.41) is 2.87. The lowest BCUT2D eigenvalue weighted by atomic mass is 9.95. The number of esters is 1. The number of aryl methyl sites for hydroxylation is 1. The molecular weight excluding hydrogens is 461 g/mol. The average Bonchev–Trinajstić information content (AvgIpc) is 2.62. The zero-order chi connectivity index (χ0) is 19.3. The lowest BCUT2D eigenvalue weighted by molar-refractivity contribution is -0.925. The van der Waals surface area contributed by atoms with Crippen LogP contribution in [0.25, 0.3) is 0 Å². The molecule has 3 N–H and O–H groups in total. The third kappa shape index (κ3) is 5.65. The number of quaternary nitrogens is 1. The second-order valence-electron chi connectivity index (χ2n) is 7.00. The van der Waals surface area contributed by atoms with E-state index in [2.05, 4.69) is 5.32 Å². The van der Waals surface area contributed by atoms with Gasteiger partial charge in [0.25, 0.3) is 5.91 Å². The lowest BCUT2D eigenvalue weighted by Crippen LogP contribution is -3.00. The Morgan fingerprint density at radius 1 is 1.33 bits per heavy atom. The van der Waals surface area contributed by atoms with Crippen molar-refractivity contribution in [2.45, 2.75) is 26.7 Å². The molecule has 1 aromatic carbocycles. The number of primary amides is 1. The van der Waals surface area contributed by atoms with E-state index < -0.39 is 5.97 Å². The molecule has 0 aromatic heterocycles.